The van der Waals surface area contributed by atoms with Crippen LogP contribution in [0.4, 0.5) is 0 Å². The van der Waals surface area contributed by atoms with Gasteiger partial charge in [-0.25, -0.2) is 9.97 Å². The maximum absolute atomic E-state index is 13.3. The molecule has 1 unspecified atom stereocenters. The molecule has 4 heterocycles. The smallest absolute Gasteiger partial charge is 0.270 e. The number of fused-ring (bicyclic) bond motifs is 1. The first kappa shape index (κ1) is 21.6. The summed E-state index contributed by atoms with van der Waals surface area (Å²) < 4.78 is 7.30. The fraction of sp³-hybridized carbons (Fsp3) is 0.440. The van der Waals surface area contributed by atoms with Crippen LogP contribution in [0.15, 0.2) is 30.5 Å². The second-order valence-electron chi connectivity index (χ2n) is 9.02. The summed E-state index contributed by atoms with van der Waals surface area (Å²) in [6, 6.07) is 8.21. The van der Waals surface area contributed by atoms with Crippen molar-refractivity contribution >= 4 is 22.7 Å². The third-order valence-corrected chi connectivity index (χ3v) is 6.78. The number of carbonyl (C=O) groups is 2. The summed E-state index contributed by atoms with van der Waals surface area (Å²) in [4.78, 5) is 39.0. The monoisotopic (exact) mass is 447 g/mol. The van der Waals surface area contributed by atoms with Crippen molar-refractivity contribution in [3.63, 3.8) is 0 Å². The first-order chi connectivity index (χ1) is 15.9. The van der Waals surface area contributed by atoms with Gasteiger partial charge in [0.15, 0.2) is 0 Å². The number of benzene rings is 1. The van der Waals surface area contributed by atoms with Gasteiger partial charge < -0.3 is 19.1 Å². The van der Waals surface area contributed by atoms with Crippen LogP contribution in [-0.4, -0.2) is 75.5 Å². The molecule has 2 saturated heterocycles. The van der Waals surface area contributed by atoms with Crippen LogP contribution in [0.5, 0.6) is 0 Å². The lowest BCUT2D eigenvalue weighted by Crippen LogP contribution is -2.41. The maximum atomic E-state index is 13.3. The number of ether oxygens (including phenoxy) is 1. The Bertz CT molecular complexity index is 1230. The van der Waals surface area contributed by atoms with Gasteiger partial charge in [0.1, 0.15) is 11.5 Å². The lowest BCUT2D eigenvalue weighted by molar-refractivity contribution is 0.0301. The molecule has 2 aliphatic rings. The second-order valence-corrected chi connectivity index (χ2v) is 9.02. The molecule has 8 heteroatoms. The van der Waals surface area contributed by atoms with Crippen molar-refractivity contribution in [1.82, 2.24) is 24.3 Å². The number of amides is 2. The van der Waals surface area contributed by atoms with Crippen LogP contribution in [-0.2, 0) is 11.8 Å². The molecular weight excluding hydrogens is 418 g/mol. The fourth-order valence-corrected chi connectivity index (χ4v) is 4.82. The fourth-order valence-electron chi connectivity index (χ4n) is 4.82. The molecule has 0 saturated carbocycles. The molecule has 1 aromatic carbocycles. The molecule has 0 spiro atoms. The van der Waals surface area contributed by atoms with Crippen LogP contribution in [0.2, 0.25) is 0 Å². The molecular formula is C25H29N5O3. The summed E-state index contributed by atoms with van der Waals surface area (Å²) in [7, 11) is 1.94. The van der Waals surface area contributed by atoms with E-state index in [2.05, 4.69) is 35.1 Å². The van der Waals surface area contributed by atoms with Gasteiger partial charge in [0.2, 0.25) is 0 Å². The number of likely N-dealkylation sites (tertiary alicyclic amines) is 1. The molecule has 2 aromatic heterocycles. The van der Waals surface area contributed by atoms with Crippen LogP contribution in [0.3, 0.4) is 0 Å². The normalized spacial score (nSPS) is 18.8. The number of aromatic nitrogens is 3. The van der Waals surface area contributed by atoms with E-state index < -0.39 is 0 Å². The zero-order chi connectivity index (χ0) is 23.1. The van der Waals surface area contributed by atoms with E-state index in [1.54, 1.807) is 11.1 Å². The highest BCUT2D eigenvalue weighted by Gasteiger charge is 2.32. The predicted molar refractivity (Wildman–Crippen MR) is 124 cm³/mol. The molecule has 0 aliphatic carbocycles. The Balaban J connectivity index is 1.31. The maximum Gasteiger partial charge on any atom is 0.270 e. The van der Waals surface area contributed by atoms with Crippen molar-refractivity contribution in [3.05, 3.63) is 58.8 Å². The van der Waals surface area contributed by atoms with Gasteiger partial charge in [-0.3, -0.25) is 9.59 Å². The van der Waals surface area contributed by atoms with Gasteiger partial charge in [-0.2, -0.15) is 0 Å². The van der Waals surface area contributed by atoms with Gasteiger partial charge in [-0.15, -0.1) is 0 Å². The predicted octanol–water partition coefficient (Wildman–Crippen LogP) is 2.69. The van der Waals surface area contributed by atoms with Crippen LogP contribution < -0.4 is 0 Å². The van der Waals surface area contributed by atoms with E-state index in [1.807, 2.05) is 29.5 Å². The van der Waals surface area contributed by atoms with Crippen LogP contribution >= 0.6 is 0 Å². The Morgan fingerprint density at radius 1 is 1.03 bits per heavy atom. The summed E-state index contributed by atoms with van der Waals surface area (Å²) in [5.41, 5.74) is 4.15. The van der Waals surface area contributed by atoms with Gasteiger partial charge in [-0.1, -0.05) is 11.6 Å². The molecule has 2 amide bonds. The summed E-state index contributed by atoms with van der Waals surface area (Å²) in [5, 5.41) is 1.08. The summed E-state index contributed by atoms with van der Waals surface area (Å²) in [6.07, 6.45) is 2.46. The zero-order valence-corrected chi connectivity index (χ0v) is 19.4. The van der Waals surface area contributed by atoms with Gasteiger partial charge in [0.25, 0.3) is 11.8 Å². The van der Waals surface area contributed by atoms with Crippen molar-refractivity contribution < 1.29 is 14.3 Å². The molecule has 1 atom stereocenters. The lowest BCUT2D eigenvalue weighted by atomic mass is 10.1. The van der Waals surface area contributed by atoms with Gasteiger partial charge in [0.05, 0.1) is 24.5 Å². The summed E-state index contributed by atoms with van der Waals surface area (Å²) in [5.74, 6) is 0.757. The van der Waals surface area contributed by atoms with Crippen LogP contribution in [0, 0.1) is 13.8 Å². The number of aryl methyl sites for hydroxylation is 3. The number of nitrogens with zero attached hydrogens (tertiary/aromatic N) is 5. The summed E-state index contributed by atoms with van der Waals surface area (Å²) >= 11 is 0. The van der Waals surface area contributed by atoms with E-state index in [4.69, 9.17) is 4.74 Å². The van der Waals surface area contributed by atoms with E-state index in [9.17, 15) is 9.59 Å². The number of hydrogen-bond donors (Lipinski definition) is 0. The number of hydrogen-bond acceptors (Lipinski definition) is 5. The first-order valence-electron chi connectivity index (χ1n) is 11.5. The minimum absolute atomic E-state index is 0.0321. The summed E-state index contributed by atoms with van der Waals surface area (Å²) in [6.45, 7) is 7.46. The Morgan fingerprint density at radius 2 is 1.82 bits per heavy atom. The number of carbonyl (C=O) groups excluding carboxylic acids is 2. The Morgan fingerprint density at radius 3 is 2.58 bits per heavy atom. The highest BCUT2D eigenvalue weighted by Crippen LogP contribution is 2.28. The number of rotatable bonds is 3. The quantitative estimate of drug-likeness (QED) is 0.617. The third-order valence-electron chi connectivity index (χ3n) is 6.78. The minimum Gasteiger partial charge on any atom is -0.378 e. The number of morpholine rings is 1. The molecule has 3 aromatic rings. The van der Waals surface area contributed by atoms with Crippen molar-refractivity contribution in [2.75, 3.05) is 39.4 Å². The van der Waals surface area contributed by atoms with Crippen LogP contribution in [0.25, 0.3) is 10.9 Å². The lowest BCUT2D eigenvalue weighted by Gasteiger charge is -2.27. The van der Waals surface area contributed by atoms with E-state index in [-0.39, 0.29) is 17.7 Å². The SMILES string of the molecule is Cc1ccc2c(c1)cc(C(=O)N1CCC(c3ncc(C(=O)N4CCOCC4)c(C)n3)C1)n2C. The Kier molecular flexibility index (Phi) is 5.62. The van der Waals surface area contributed by atoms with E-state index in [0.717, 1.165) is 17.3 Å². The standard InChI is InChI=1S/C25H29N5O3/c1-16-4-5-21-19(12-16)13-22(28(21)3)25(32)30-7-6-18(15-30)23-26-14-20(17(2)27-23)24(31)29-8-10-33-11-9-29/h4-5,12-14,18H,6-11,15H2,1-3H3. The van der Waals surface area contributed by atoms with Crippen molar-refractivity contribution in [2.24, 2.45) is 7.05 Å². The van der Waals surface area contributed by atoms with Gasteiger partial charge >= 0.3 is 0 Å². The van der Waals surface area contributed by atoms with Crippen molar-refractivity contribution in [2.45, 2.75) is 26.2 Å². The average Bonchev–Trinajstić information content (AvgIpc) is 3.44. The van der Waals surface area contributed by atoms with Crippen LogP contribution in [0.1, 0.15) is 50.3 Å². The van der Waals surface area contributed by atoms with Crippen molar-refractivity contribution in [3.8, 4) is 0 Å². The highest BCUT2D eigenvalue weighted by atomic mass is 16.5. The average molecular weight is 448 g/mol. The largest absolute Gasteiger partial charge is 0.378 e. The second kappa shape index (κ2) is 8.59. The van der Waals surface area contributed by atoms with E-state index >= 15 is 0 Å². The first-order valence-corrected chi connectivity index (χ1v) is 11.5. The molecule has 2 fully saturated rings. The molecule has 0 bridgehead atoms. The molecule has 0 N–H and O–H groups in total. The Hall–Kier alpha value is -3.26. The third kappa shape index (κ3) is 3.99. The molecule has 172 valence electrons. The molecule has 33 heavy (non-hydrogen) atoms. The zero-order valence-electron chi connectivity index (χ0n) is 19.4. The minimum atomic E-state index is -0.0448. The highest BCUT2D eigenvalue weighted by molar-refractivity contribution is 5.99. The molecule has 0 radical (unpaired) electrons. The van der Waals surface area contributed by atoms with Crippen molar-refractivity contribution in [1.29, 1.82) is 0 Å². The Labute approximate surface area is 193 Å². The molecule has 2 aliphatic heterocycles. The topological polar surface area (TPSA) is 80.6 Å². The molecule has 5 rings (SSSR count). The van der Waals surface area contributed by atoms with Gasteiger partial charge in [0, 0.05) is 56.2 Å². The van der Waals surface area contributed by atoms with Gasteiger partial charge in [-0.05, 0) is 38.5 Å². The van der Waals surface area contributed by atoms with E-state index in [1.165, 1.54) is 5.56 Å². The van der Waals surface area contributed by atoms with E-state index in [0.29, 0.717) is 62.2 Å². The molecule has 8 nitrogen and oxygen atoms in total.